The minimum atomic E-state index is -0.221. The van der Waals surface area contributed by atoms with Crippen molar-refractivity contribution in [2.45, 2.75) is 44.4 Å². The first-order chi connectivity index (χ1) is 12.1. The van der Waals surface area contributed by atoms with Gasteiger partial charge in [-0.1, -0.05) is 19.0 Å². The zero-order valence-electron chi connectivity index (χ0n) is 14.3. The van der Waals surface area contributed by atoms with Crippen LogP contribution in [0.2, 0.25) is 0 Å². The second-order valence-electron chi connectivity index (χ2n) is 7.68. The van der Waals surface area contributed by atoms with E-state index in [1.165, 1.54) is 29.0 Å². The SMILES string of the molecule is C[C@H]1c2oncc2C[C@@]2(C)c3[nH]nc(-c4ccc(F)cc4)c3CC[C@H]12. The van der Waals surface area contributed by atoms with Crippen LogP contribution in [0.1, 0.15) is 48.8 Å². The van der Waals surface area contributed by atoms with Crippen LogP contribution in [0.3, 0.4) is 0 Å². The summed E-state index contributed by atoms with van der Waals surface area (Å²) < 4.78 is 18.8. The van der Waals surface area contributed by atoms with Gasteiger partial charge in [-0.05, 0) is 49.4 Å². The highest BCUT2D eigenvalue weighted by Gasteiger charge is 2.50. The normalized spacial score (nSPS) is 27.5. The van der Waals surface area contributed by atoms with E-state index in [0.29, 0.717) is 11.8 Å². The van der Waals surface area contributed by atoms with Crippen molar-refractivity contribution in [3.63, 3.8) is 0 Å². The molecule has 2 aromatic heterocycles. The summed E-state index contributed by atoms with van der Waals surface area (Å²) in [4.78, 5) is 0. The quantitative estimate of drug-likeness (QED) is 0.717. The molecule has 1 N–H and O–H groups in total. The Morgan fingerprint density at radius 2 is 2.08 bits per heavy atom. The fourth-order valence-electron chi connectivity index (χ4n) is 5.11. The fourth-order valence-corrected chi connectivity index (χ4v) is 5.11. The predicted molar refractivity (Wildman–Crippen MR) is 91.8 cm³/mol. The number of aromatic nitrogens is 3. The Labute approximate surface area is 145 Å². The molecule has 2 aliphatic rings. The van der Waals surface area contributed by atoms with E-state index in [-0.39, 0.29) is 11.2 Å². The molecule has 0 aliphatic heterocycles. The standard InChI is InChI=1S/C20H20FN3O/c1-11-16-8-7-15-17(12-3-5-14(21)6-4-12)23-24-19(15)20(16,2)9-13-10-22-25-18(11)13/h3-6,10-11,16H,7-9H2,1-2H3,(H,23,24)/t11-,16-,20-/m1/s1. The maximum Gasteiger partial charge on any atom is 0.143 e. The molecule has 0 fully saturated rings. The minimum absolute atomic E-state index is 0.00314. The molecule has 0 bridgehead atoms. The molecule has 1 aromatic carbocycles. The minimum Gasteiger partial charge on any atom is -0.361 e. The van der Waals surface area contributed by atoms with Gasteiger partial charge in [0, 0.05) is 33.7 Å². The number of H-pyrrole nitrogens is 1. The lowest BCUT2D eigenvalue weighted by atomic mass is 9.56. The third-order valence-electron chi connectivity index (χ3n) is 6.33. The number of fused-ring (bicyclic) bond motifs is 4. The molecule has 2 heterocycles. The van der Waals surface area contributed by atoms with E-state index in [9.17, 15) is 4.39 Å². The summed E-state index contributed by atoms with van der Waals surface area (Å²) in [5.41, 5.74) is 5.63. The van der Waals surface area contributed by atoms with Gasteiger partial charge in [0.25, 0.3) is 0 Å². The summed E-state index contributed by atoms with van der Waals surface area (Å²) >= 11 is 0. The number of nitrogens with zero attached hydrogens (tertiary/aromatic N) is 2. The molecule has 0 amide bonds. The zero-order valence-corrected chi connectivity index (χ0v) is 14.3. The van der Waals surface area contributed by atoms with Crippen molar-refractivity contribution in [3.05, 3.63) is 58.9 Å². The maximum atomic E-state index is 13.3. The van der Waals surface area contributed by atoms with Gasteiger partial charge in [-0.15, -0.1) is 0 Å². The van der Waals surface area contributed by atoms with Crippen molar-refractivity contribution in [1.82, 2.24) is 15.4 Å². The van der Waals surface area contributed by atoms with E-state index in [1.54, 1.807) is 0 Å². The first-order valence-corrected chi connectivity index (χ1v) is 8.85. The first kappa shape index (κ1) is 14.9. The third-order valence-corrected chi connectivity index (χ3v) is 6.33. The van der Waals surface area contributed by atoms with Crippen LogP contribution in [-0.2, 0) is 18.3 Å². The number of aromatic amines is 1. The Hall–Kier alpha value is -2.43. The summed E-state index contributed by atoms with van der Waals surface area (Å²) in [5, 5.41) is 12.0. The topological polar surface area (TPSA) is 54.7 Å². The Morgan fingerprint density at radius 1 is 1.28 bits per heavy atom. The monoisotopic (exact) mass is 337 g/mol. The lowest BCUT2D eigenvalue weighted by Gasteiger charge is -2.46. The molecule has 0 saturated carbocycles. The Kier molecular flexibility index (Phi) is 3.00. The van der Waals surface area contributed by atoms with Crippen molar-refractivity contribution < 1.29 is 8.91 Å². The lowest BCUT2D eigenvalue weighted by molar-refractivity contribution is 0.173. The van der Waals surface area contributed by atoms with Gasteiger partial charge in [-0.25, -0.2) is 4.39 Å². The summed E-state index contributed by atoms with van der Waals surface area (Å²) in [7, 11) is 0. The van der Waals surface area contributed by atoms with Crippen molar-refractivity contribution in [1.29, 1.82) is 0 Å². The van der Waals surface area contributed by atoms with E-state index in [2.05, 4.69) is 29.2 Å². The van der Waals surface area contributed by atoms with E-state index < -0.39 is 0 Å². The Bertz CT molecular complexity index is 942. The van der Waals surface area contributed by atoms with Gasteiger partial charge in [0.1, 0.15) is 11.6 Å². The van der Waals surface area contributed by atoms with Crippen LogP contribution in [0.5, 0.6) is 0 Å². The number of nitrogens with one attached hydrogen (secondary N) is 1. The van der Waals surface area contributed by atoms with Crippen LogP contribution in [0.4, 0.5) is 4.39 Å². The van der Waals surface area contributed by atoms with Gasteiger partial charge >= 0.3 is 0 Å². The van der Waals surface area contributed by atoms with E-state index in [1.807, 2.05) is 18.3 Å². The molecule has 25 heavy (non-hydrogen) atoms. The highest BCUT2D eigenvalue weighted by atomic mass is 19.1. The second-order valence-corrected chi connectivity index (χ2v) is 7.68. The number of hydrogen-bond donors (Lipinski definition) is 1. The van der Waals surface area contributed by atoms with Gasteiger partial charge in [-0.3, -0.25) is 5.10 Å². The summed E-state index contributed by atoms with van der Waals surface area (Å²) in [6.45, 7) is 4.57. The molecule has 3 aromatic rings. The number of hydrogen-bond acceptors (Lipinski definition) is 3. The number of rotatable bonds is 1. The van der Waals surface area contributed by atoms with Crippen LogP contribution >= 0.6 is 0 Å². The number of benzene rings is 1. The van der Waals surface area contributed by atoms with Crippen LogP contribution in [0, 0.1) is 11.7 Å². The fraction of sp³-hybridized carbons (Fsp3) is 0.400. The average molecular weight is 337 g/mol. The lowest BCUT2D eigenvalue weighted by Crippen LogP contribution is -2.44. The highest BCUT2D eigenvalue weighted by Crippen LogP contribution is 2.54. The van der Waals surface area contributed by atoms with Crippen molar-refractivity contribution in [3.8, 4) is 11.3 Å². The molecular weight excluding hydrogens is 317 g/mol. The van der Waals surface area contributed by atoms with E-state index in [0.717, 1.165) is 36.3 Å². The molecule has 128 valence electrons. The second kappa shape index (κ2) is 5.04. The van der Waals surface area contributed by atoms with Gasteiger partial charge in [0.05, 0.1) is 11.9 Å². The first-order valence-electron chi connectivity index (χ1n) is 8.85. The smallest absolute Gasteiger partial charge is 0.143 e. The molecule has 2 aliphatic carbocycles. The predicted octanol–water partition coefficient (Wildman–Crippen LogP) is 4.38. The summed E-state index contributed by atoms with van der Waals surface area (Å²) in [6.07, 6.45) is 4.85. The molecule has 0 radical (unpaired) electrons. The zero-order chi connectivity index (χ0) is 17.2. The molecule has 0 spiro atoms. The van der Waals surface area contributed by atoms with Crippen LogP contribution in [-0.4, -0.2) is 15.4 Å². The van der Waals surface area contributed by atoms with Crippen LogP contribution < -0.4 is 0 Å². The Morgan fingerprint density at radius 3 is 2.88 bits per heavy atom. The van der Waals surface area contributed by atoms with E-state index in [4.69, 9.17) is 4.52 Å². The molecule has 4 nitrogen and oxygen atoms in total. The van der Waals surface area contributed by atoms with Gasteiger partial charge < -0.3 is 4.52 Å². The van der Waals surface area contributed by atoms with Gasteiger partial charge in [0.15, 0.2) is 0 Å². The van der Waals surface area contributed by atoms with Gasteiger partial charge in [-0.2, -0.15) is 5.10 Å². The van der Waals surface area contributed by atoms with Gasteiger partial charge in [0.2, 0.25) is 0 Å². The van der Waals surface area contributed by atoms with Crippen LogP contribution in [0.25, 0.3) is 11.3 Å². The Balaban J connectivity index is 1.63. The molecule has 3 atom stereocenters. The largest absolute Gasteiger partial charge is 0.361 e. The van der Waals surface area contributed by atoms with Crippen LogP contribution in [0.15, 0.2) is 35.0 Å². The molecule has 0 unspecified atom stereocenters. The molecule has 0 saturated heterocycles. The summed E-state index contributed by atoms with van der Waals surface area (Å²) in [5.74, 6) is 1.68. The third kappa shape index (κ3) is 1.98. The van der Waals surface area contributed by atoms with E-state index >= 15 is 0 Å². The molecular formula is C20H20FN3O. The highest BCUT2D eigenvalue weighted by molar-refractivity contribution is 5.65. The van der Waals surface area contributed by atoms with Crippen molar-refractivity contribution >= 4 is 0 Å². The molecule has 5 rings (SSSR count). The number of halogens is 1. The van der Waals surface area contributed by atoms with Crippen molar-refractivity contribution in [2.24, 2.45) is 5.92 Å². The molecule has 5 heteroatoms. The summed E-state index contributed by atoms with van der Waals surface area (Å²) in [6, 6.07) is 6.61. The average Bonchev–Trinajstić information content (AvgIpc) is 3.22. The van der Waals surface area contributed by atoms with Crippen molar-refractivity contribution in [2.75, 3.05) is 0 Å². The maximum absolute atomic E-state index is 13.3.